The first-order valence-electron chi connectivity index (χ1n) is 8.21. The Labute approximate surface area is 155 Å². The maximum absolute atomic E-state index is 13.0. The molecule has 0 saturated carbocycles. The topological polar surface area (TPSA) is 71.5 Å². The van der Waals surface area contributed by atoms with E-state index in [9.17, 15) is 21.6 Å². The predicted molar refractivity (Wildman–Crippen MR) is 92.6 cm³/mol. The van der Waals surface area contributed by atoms with Gasteiger partial charge >= 0.3 is 6.18 Å². The third-order valence-corrected chi connectivity index (χ3v) is 6.02. The number of alkyl halides is 3. The zero-order valence-electron chi connectivity index (χ0n) is 14.2. The van der Waals surface area contributed by atoms with Crippen molar-refractivity contribution in [3.8, 4) is 0 Å². The van der Waals surface area contributed by atoms with Crippen LogP contribution in [0.15, 0.2) is 47.5 Å². The van der Waals surface area contributed by atoms with Crippen molar-refractivity contribution in [3.05, 3.63) is 53.7 Å². The number of aromatic nitrogens is 1. The van der Waals surface area contributed by atoms with Gasteiger partial charge in [-0.15, -0.1) is 0 Å². The average Bonchev–Trinajstić information content (AvgIpc) is 2.67. The molecule has 0 radical (unpaired) electrons. The summed E-state index contributed by atoms with van der Waals surface area (Å²) in [5.74, 6) is -0.269. The second-order valence-corrected chi connectivity index (χ2v) is 7.85. The fourth-order valence-electron chi connectivity index (χ4n) is 2.68. The number of benzene rings is 1. The van der Waals surface area contributed by atoms with Crippen LogP contribution in [0.25, 0.3) is 0 Å². The van der Waals surface area contributed by atoms with Gasteiger partial charge in [-0.3, -0.25) is 0 Å². The van der Waals surface area contributed by atoms with Gasteiger partial charge in [0.1, 0.15) is 5.82 Å². The summed E-state index contributed by atoms with van der Waals surface area (Å²) in [5.41, 5.74) is -0.216. The van der Waals surface area contributed by atoms with E-state index in [0.29, 0.717) is 31.9 Å². The van der Waals surface area contributed by atoms with Gasteiger partial charge in [0.05, 0.1) is 23.7 Å². The van der Waals surface area contributed by atoms with Crippen molar-refractivity contribution in [2.45, 2.75) is 17.6 Å². The lowest BCUT2D eigenvalue weighted by Crippen LogP contribution is -2.40. The maximum Gasteiger partial charge on any atom is 0.419 e. The molecule has 1 aromatic heterocycles. The van der Waals surface area contributed by atoms with Crippen LogP contribution in [-0.4, -0.2) is 44.0 Å². The highest BCUT2D eigenvalue weighted by atomic mass is 32.2. The van der Waals surface area contributed by atoms with Crippen molar-refractivity contribution in [2.24, 2.45) is 0 Å². The molecule has 0 amide bonds. The van der Waals surface area contributed by atoms with Gasteiger partial charge in [-0.2, -0.15) is 17.5 Å². The van der Waals surface area contributed by atoms with Crippen molar-refractivity contribution in [3.63, 3.8) is 0 Å². The lowest BCUT2D eigenvalue weighted by molar-refractivity contribution is -0.137. The van der Waals surface area contributed by atoms with Gasteiger partial charge in [0.2, 0.25) is 10.0 Å². The highest BCUT2D eigenvalue weighted by molar-refractivity contribution is 7.89. The summed E-state index contributed by atoms with van der Waals surface area (Å²) in [4.78, 5) is 3.87. The molecule has 1 fully saturated rings. The first-order valence-corrected chi connectivity index (χ1v) is 9.65. The highest BCUT2D eigenvalue weighted by Crippen LogP contribution is 2.33. The molecule has 1 saturated heterocycles. The van der Waals surface area contributed by atoms with Crippen LogP contribution in [0.5, 0.6) is 0 Å². The fourth-order valence-corrected chi connectivity index (χ4v) is 4.08. The number of morpholine rings is 1. The number of rotatable bonds is 5. The van der Waals surface area contributed by atoms with Crippen LogP contribution in [0.1, 0.15) is 11.1 Å². The summed E-state index contributed by atoms with van der Waals surface area (Å²) in [6, 6.07) is 8.20. The fraction of sp³-hybridized carbons (Fsp3) is 0.353. The summed E-state index contributed by atoms with van der Waals surface area (Å²) < 4.78 is 70.5. The third-order valence-electron chi connectivity index (χ3n) is 4.10. The molecular weight excluding hydrogens is 383 g/mol. The average molecular weight is 401 g/mol. The van der Waals surface area contributed by atoms with Crippen LogP contribution in [0.3, 0.4) is 0 Å². The molecule has 0 unspecified atom stereocenters. The summed E-state index contributed by atoms with van der Waals surface area (Å²) in [6.45, 7) is 1.38. The normalized spacial score (nSPS) is 16.3. The van der Waals surface area contributed by atoms with E-state index >= 15 is 0 Å². The summed E-state index contributed by atoms with van der Waals surface area (Å²) >= 11 is 0. The van der Waals surface area contributed by atoms with Crippen molar-refractivity contribution >= 4 is 15.8 Å². The van der Waals surface area contributed by atoms with E-state index in [2.05, 4.69) is 10.3 Å². The monoisotopic (exact) mass is 401 g/mol. The zero-order valence-corrected chi connectivity index (χ0v) is 15.1. The van der Waals surface area contributed by atoms with E-state index in [4.69, 9.17) is 4.74 Å². The van der Waals surface area contributed by atoms with Crippen LogP contribution >= 0.6 is 0 Å². The molecule has 0 aliphatic carbocycles. The smallest absolute Gasteiger partial charge is 0.379 e. The van der Waals surface area contributed by atoms with Crippen LogP contribution in [-0.2, 0) is 27.5 Å². The lowest BCUT2D eigenvalue weighted by atomic mass is 10.2. The molecule has 3 rings (SSSR count). The van der Waals surface area contributed by atoms with Gasteiger partial charge in [-0.25, -0.2) is 13.4 Å². The van der Waals surface area contributed by atoms with Gasteiger partial charge in [-0.05, 0) is 29.8 Å². The summed E-state index contributed by atoms with van der Waals surface area (Å²) in [5, 5.41) is 2.65. The van der Waals surface area contributed by atoms with Gasteiger partial charge in [-0.1, -0.05) is 12.1 Å². The van der Waals surface area contributed by atoms with E-state index in [0.717, 1.165) is 6.07 Å². The number of hydrogen-bond donors (Lipinski definition) is 1. The van der Waals surface area contributed by atoms with E-state index in [1.165, 1.54) is 28.7 Å². The molecule has 146 valence electrons. The molecule has 0 spiro atoms. The largest absolute Gasteiger partial charge is 0.419 e. The van der Waals surface area contributed by atoms with Gasteiger partial charge in [0.15, 0.2) is 0 Å². The minimum atomic E-state index is -4.51. The summed E-state index contributed by atoms with van der Waals surface area (Å²) in [6.07, 6.45) is -3.23. The van der Waals surface area contributed by atoms with Crippen molar-refractivity contribution in [1.82, 2.24) is 9.29 Å². The van der Waals surface area contributed by atoms with E-state index in [-0.39, 0.29) is 17.3 Å². The second-order valence-electron chi connectivity index (χ2n) is 5.91. The molecule has 6 nitrogen and oxygen atoms in total. The standard InChI is InChI=1S/C17H18F3N3O3S/c18-17(19,20)15-2-1-7-21-16(15)22-12-13-3-5-14(6-4-13)27(24,25)23-8-10-26-11-9-23/h1-7H,8-12H2,(H,21,22). The maximum atomic E-state index is 13.0. The number of nitrogens with zero attached hydrogens (tertiary/aromatic N) is 2. The molecule has 0 bridgehead atoms. The molecular formula is C17H18F3N3O3S. The SMILES string of the molecule is O=S(=O)(c1ccc(CNc2ncccc2C(F)(F)F)cc1)N1CCOCC1. The summed E-state index contributed by atoms with van der Waals surface area (Å²) in [7, 11) is -3.60. The van der Waals surface area contributed by atoms with Gasteiger partial charge < -0.3 is 10.1 Å². The molecule has 10 heteroatoms. The third kappa shape index (κ3) is 4.57. The number of halogens is 3. The Kier molecular flexibility index (Phi) is 5.68. The minimum Gasteiger partial charge on any atom is -0.379 e. The molecule has 1 aromatic carbocycles. The van der Waals surface area contributed by atoms with Crippen LogP contribution < -0.4 is 5.32 Å². The Balaban J connectivity index is 1.70. The van der Waals surface area contributed by atoms with Crippen molar-refractivity contribution in [2.75, 3.05) is 31.6 Å². The van der Waals surface area contributed by atoms with Crippen LogP contribution in [0, 0.1) is 0 Å². The number of hydrogen-bond acceptors (Lipinski definition) is 5. The van der Waals surface area contributed by atoms with Crippen LogP contribution in [0.2, 0.25) is 0 Å². The molecule has 27 heavy (non-hydrogen) atoms. The van der Waals surface area contributed by atoms with Crippen molar-refractivity contribution in [1.29, 1.82) is 0 Å². The van der Waals surface area contributed by atoms with E-state index < -0.39 is 21.8 Å². The Morgan fingerprint density at radius 2 is 1.78 bits per heavy atom. The minimum absolute atomic E-state index is 0.0813. The van der Waals surface area contributed by atoms with Gasteiger partial charge in [0, 0.05) is 25.8 Å². The highest BCUT2D eigenvalue weighted by Gasteiger charge is 2.34. The first kappa shape index (κ1) is 19.6. The number of pyridine rings is 1. The second kappa shape index (κ2) is 7.83. The molecule has 2 aromatic rings. The van der Waals surface area contributed by atoms with Crippen LogP contribution in [0.4, 0.5) is 19.0 Å². The number of anilines is 1. The lowest BCUT2D eigenvalue weighted by Gasteiger charge is -2.26. The van der Waals surface area contributed by atoms with E-state index in [1.54, 1.807) is 12.1 Å². The molecule has 1 aliphatic heterocycles. The number of sulfonamides is 1. The Hall–Kier alpha value is -2.17. The number of nitrogens with one attached hydrogen (secondary N) is 1. The van der Waals surface area contributed by atoms with E-state index in [1.807, 2.05) is 0 Å². The predicted octanol–water partition coefficient (Wildman–Crippen LogP) is 2.73. The Morgan fingerprint density at radius 3 is 2.41 bits per heavy atom. The molecule has 1 N–H and O–H groups in total. The Morgan fingerprint density at radius 1 is 1.11 bits per heavy atom. The quantitative estimate of drug-likeness (QED) is 0.834. The molecule has 0 atom stereocenters. The number of ether oxygens (including phenoxy) is 1. The van der Waals surface area contributed by atoms with Gasteiger partial charge in [0.25, 0.3) is 0 Å². The Bertz CT molecular complexity index is 880. The van der Waals surface area contributed by atoms with Crippen molar-refractivity contribution < 1.29 is 26.3 Å². The zero-order chi connectivity index (χ0) is 19.5. The first-order chi connectivity index (χ1) is 12.8. The molecule has 2 heterocycles. The molecule has 1 aliphatic rings.